The van der Waals surface area contributed by atoms with E-state index in [1.807, 2.05) is 0 Å². The van der Waals surface area contributed by atoms with Gasteiger partial charge in [0, 0.05) is 0 Å². The molecule has 0 fully saturated rings. The molecule has 0 aliphatic rings. The molecule has 0 bridgehead atoms. The maximum Gasteiger partial charge on any atom is 0.335 e. The molecule has 0 amide bonds. The Labute approximate surface area is 105 Å². The van der Waals surface area contributed by atoms with Gasteiger partial charge in [0.05, 0.1) is 6.61 Å². The minimum absolute atomic E-state index is 0.432. The van der Waals surface area contributed by atoms with Crippen molar-refractivity contribution >= 4 is 5.97 Å². The summed E-state index contributed by atoms with van der Waals surface area (Å²) in [5, 5.41) is 9.18. The fourth-order valence-electron chi connectivity index (χ4n) is 1.67. The summed E-state index contributed by atoms with van der Waals surface area (Å²) in [6.07, 6.45) is 8.62. The molecule has 17 heavy (non-hydrogen) atoms. The zero-order valence-corrected chi connectivity index (χ0v) is 11.2. The molecule has 1 atom stereocenters. The van der Waals surface area contributed by atoms with E-state index < -0.39 is 11.6 Å². The van der Waals surface area contributed by atoms with E-state index in [9.17, 15) is 9.90 Å². The van der Waals surface area contributed by atoms with Gasteiger partial charge in [-0.1, -0.05) is 38.7 Å². The van der Waals surface area contributed by atoms with Crippen molar-refractivity contribution in [3.8, 4) is 0 Å². The van der Waals surface area contributed by atoms with E-state index in [4.69, 9.17) is 4.74 Å². The molecule has 0 spiro atoms. The van der Waals surface area contributed by atoms with Crippen LogP contribution >= 0.6 is 0 Å². The first-order valence-corrected chi connectivity index (χ1v) is 6.55. The van der Waals surface area contributed by atoms with Crippen LogP contribution in [0.25, 0.3) is 0 Å². The zero-order valence-electron chi connectivity index (χ0n) is 11.2. The number of aliphatic carboxylic acids is 1. The van der Waals surface area contributed by atoms with Gasteiger partial charge in [-0.2, -0.15) is 0 Å². The highest BCUT2D eigenvalue weighted by Crippen LogP contribution is 2.20. The summed E-state index contributed by atoms with van der Waals surface area (Å²) in [6.45, 7) is 7.86. The Kier molecular flexibility index (Phi) is 8.78. The second-order valence-corrected chi connectivity index (χ2v) is 4.63. The highest BCUT2D eigenvalue weighted by molar-refractivity contribution is 5.76. The average Bonchev–Trinajstić information content (AvgIpc) is 2.29. The Hall–Kier alpha value is -0.830. The lowest BCUT2D eigenvalue weighted by Crippen LogP contribution is -2.38. The first kappa shape index (κ1) is 16.2. The molecule has 0 saturated carbocycles. The van der Waals surface area contributed by atoms with E-state index in [-0.39, 0.29) is 0 Å². The molecule has 1 unspecified atom stereocenters. The van der Waals surface area contributed by atoms with Crippen molar-refractivity contribution in [3.05, 3.63) is 12.7 Å². The van der Waals surface area contributed by atoms with Crippen molar-refractivity contribution in [2.24, 2.45) is 0 Å². The number of carboxylic acids is 1. The molecular weight excluding hydrogens is 216 g/mol. The molecule has 1 N–H and O–H groups in total. The first-order valence-electron chi connectivity index (χ1n) is 6.55. The molecule has 0 radical (unpaired) electrons. The third kappa shape index (κ3) is 7.16. The summed E-state index contributed by atoms with van der Waals surface area (Å²) in [5.41, 5.74) is -1.03. The van der Waals surface area contributed by atoms with Crippen molar-refractivity contribution in [3.63, 3.8) is 0 Å². The van der Waals surface area contributed by atoms with Crippen molar-refractivity contribution in [2.75, 3.05) is 6.61 Å². The monoisotopic (exact) mass is 242 g/mol. The Morgan fingerprint density at radius 2 is 2.00 bits per heavy atom. The number of unbranched alkanes of at least 4 members (excludes halogenated alkanes) is 4. The highest BCUT2D eigenvalue weighted by atomic mass is 16.5. The molecule has 0 aromatic rings. The molecule has 0 heterocycles. The van der Waals surface area contributed by atoms with Crippen molar-refractivity contribution in [2.45, 2.75) is 64.4 Å². The van der Waals surface area contributed by atoms with Crippen molar-refractivity contribution < 1.29 is 14.6 Å². The standard InChI is InChI=1S/C14H26O3/c1-4-6-8-9-10-11-14(3,13(15)16)17-12-7-5-2/h5H,2,4,6-12H2,1,3H3,(H,15,16). The van der Waals surface area contributed by atoms with Gasteiger partial charge in [-0.25, -0.2) is 4.79 Å². The van der Waals surface area contributed by atoms with E-state index in [0.29, 0.717) is 19.4 Å². The SMILES string of the molecule is C=CCCOC(C)(CCCCCCC)C(=O)O. The van der Waals surface area contributed by atoms with Crippen molar-refractivity contribution in [1.29, 1.82) is 0 Å². The maximum absolute atomic E-state index is 11.2. The maximum atomic E-state index is 11.2. The minimum Gasteiger partial charge on any atom is -0.479 e. The lowest BCUT2D eigenvalue weighted by Gasteiger charge is -2.25. The van der Waals surface area contributed by atoms with Crippen LogP contribution in [0.3, 0.4) is 0 Å². The predicted molar refractivity (Wildman–Crippen MR) is 70.2 cm³/mol. The number of hydrogen-bond acceptors (Lipinski definition) is 2. The summed E-state index contributed by atoms with van der Waals surface area (Å²) in [7, 11) is 0. The van der Waals surface area contributed by atoms with Gasteiger partial charge in [0.1, 0.15) is 0 Å². The normalized spacial score (nSPS) is 14.2. The average molecular weight is 242 g/mol. The molecular formula is C14H26O3. The van der Waals surface area contributed by atoms with Gasteiger partial charge >= 0.3 is 5.97 Å². The molecule has 0 aromatic heterocycles. The Morgan fingerprint density at radius 3 is 2.53 bits per heavy atom. The molecule has 0 rings (SSSR count). The van der Waals surface area contributed by atoms with Crippen LogP contribution in [0.1, 0.15) is 58.8 Å². The number of carboxylic acid groups (broad SMARTS) is 1. The van der Waals surface area contributed by atoms with Gasteiger partial charge in [0.25, 0.3) is 0 Å². The van der Waals surface area contributed by atoms with Gasteiger partial charge in [-0.3, -0.25) is 0 Å². The number of ether oxygens (including phenoxy) is 1. The Bertz CT molecular complexity index is 226. The van der Waals surface area contributed by atoms with E-state index in [0.717, 1.165) is 12.8 Å². The van der Waals surface area contributed by atoms with Crippen LogP contribution in [-0.4, -0.2) is 23.3 Å². The molecule has 3 nitrogen and oxygen atoms in total. The topological polar surface area (TPSA) is 46.5 Å². The van der Waals surface area contributed by atoms with E-state index >= 15 is 0 Å². The van der Waals surface area contributed by atoms with Gasteiger partial charge in [0.2, 0.25) is 0 Å². The van der Waals surface area contributed by atoms with Crippen LogP contribution in [0.5, 0.6) is 0 Å². The highest BCUT2D eigenvalue weighted by Gasteiger charge is 2.33. The molecule has 3 heteroatoms. The molecule has 0 saturated heterocycles. The summed E-state index contributed by atoms with van der Waals surface area (Å²) >= 11 is 0. The van der Waals surface area contributed by atoms with E-state index in [1.54, 1.807) is 13.0 Å². The van der Waals surface area contributed by atoms with Gasteiger partial charge in [0.15, 0.2) is 5.60 Å². The quantitative estimate of drug-likeness (QED) is 0.443. The van der Waals surface area contributed by atoms with Crippen LogP contribution < -0.4 is 0 Å². The second-order valence-electron chi connectivity index (χ2n) is 4.63. The third-order valence-corrected chi connectivity index (χ3v) is 2.95. The largest absolute Gasteiger partial charge is 0.479 e. The summed E-state index contributed by atoms with van der Waals surface area (Å²) in [5.74, 6) is -0.864. The van der Waals surface area contributed by atoms with Crippen LogP contribution in [0.2, 0.25) is 0 Å². The van der Waals surface area contributed by atoms with Crippen LogP contribution in [0.15, 0.2) is 12.7 Å². The fraction of sp³-hybridized carbons (Fsp3) is 0.786. The molecule has 0 aromatic carbocycles. The number of carbonyl (C=O) groups is 1. The number of hydrogen-bond donors (Lipinski definition) is 1. The van der Waals surface area contributed by atoms with Crippen LogP contribution in [0.4, 0.5) is 0 Å². The third-order valence-electron chi connectivity index (χ3n) is 2.95. The predicted octanol–water partition coefficient (Wildman–Crippen LogP) is 3.78. The smallest absolute Gasteiger partial charge is 0.335 e. The Morgan fingerprint density at radius 1 is 1.35 bits per heavy atom. The van der Waals surface area contributed by atoms with Crippen molar-refractivity contribution in [1.82, 2.24) is 0 Å². The summed E-state index contributed by atoms with van der Waals surface area (Å²) < 4.78 is 5.47. The van der Waals surface area contributed by atoms with E-state index in [1.165, 1.54) is 19.3 Å². The van der Waals surface area contributed by atoms with Gasteiger partial charge in [-0.15, -0.1) is 6.58 Å². The second kappa shape index (κ2) is 9.23. The first-order chi connectivity index (χ1) is 8.06. The Balaban J connectivity index is 3.94. The molecule has 100 valence electrons. The lowest BCUT2D eigenvalue weighted by molar-refractivity contribution is -0.164. The molecule has 0 aliphatic heterocycles. The number of rotatable bonds is 11. The van der Waals surface area contributed by atoms with Crippen LogP contribution in [-0.2, 0) is 9.53 Å². The summed E-state index contributed by atoms with van der Waals surface area (Å²) in [6, 6.07) is 0. The van der Waals surface area contributed by atoms with Gasteiger partial charge < -0.3 is 9.84 Å². The van der Waals surface area contributed by atoms with Crippen LogP contribution in [0, 0.1) is 0 Å². The lowest BCUT2D eigenvalue weighted by atomic mass is 9.97. The van der Waals surface area contributed by atoms with Gasteiger partial charge in [-0.05, 0) is 26.2 Å². The molecule has 0 aliphatic carbocycles. The summed E-state index contributed by atoms with van der Waals surface area (Å²) in [4.78, 5) is 11.2. The fourth-order valence-corrected chi connectivity index (χ4v) is 1.67. The minimum atomic E-state index is -1.03. The zero-order chi connectivity index (χ0) is 13.1. The van der Waals surface area contributed by atoms with E-state index in [2.05, 4.69) is 13.5 Å².